The topological polar surface area (TPSA) is 85.0 Å². The van der Waals surface area contributed by atoms with Crippen molar-refractivity contribution in [3.05, 3.63) is 34.9 Å². The Hall–Kier alpha value is -2.64. The Morgan fingerprint density at radius 2 is 2.08 bits per heavy atom. The summed E-state index contributed by atoms with van der Waals surface area (Å²) in [7, 11) is 0. The third kappa shape index (κ3) is 3.95. The van der Waals surface area contributed by atoms with Gasteiger partial charge in [0, 0.05) is 32.8 Å². The molecule has 8 heteroatoms. The molecule has 140 valence electrons. The third-order valence-electron chi connectivity index (χ3n) is 4.58. The highest BCUT2D eigenvalue weighted by atomic mass is 16.2. The monoisotopic (exact) mass is 358 g/mol. The van der Waals surface area contributed by atoms with Gasteiger partial charge in [0.25, 0.3) is 5.91 Å². The fraction of sp³-hybridized carbons (Fsp3) is 0.556. The van der Waals surface area contributed by atoms with Gasteiger partial charge in [-0.25, -0.2) is 0 Å². The van der Waals surface area contributed by atoms with Gasteiger partial charge in [-0.05, 0) is 25.8 Å². The van der Waals surface area contributed by atoms with Crippen LogP contribution in [0.1, 0.15) is 54.1 Å². The van der Waals surface area contributed by atoms with Gasteiger partial charge in [-0.2, -0.15) is 10.2 Å². The summed E-state index contributed by atoms with van der Waals surface area (Å²) in [4.78, 5) is 25.9. The Labute approximate surface area is 153 Å². The highest BCUT2D eigenvalue weighted by Gasteiger charge is 2.19. The molecular formula is C18H26N6O2. The summed E-state index contributed by atoms with van der Waals surface area (Å²) in [5, 5.41) is 11.9. The molecule has 0 radical (unpaired) electrons. The fourth-order valence-corrected chi connectivity index (χ4v) is 3.23. The molecule has 2 aromatic rings. The number of fused-ring (bicyclic) bond motifs is 1. The summed E-state index contributed by atoms with van der Waals surface area (Å²) in [6.45, 7) is 8.78. The second-order valence-electron chi connectivity index (χ2n) is 6.72. The predicted octanol–water partition coefficient (Wildman–Crippen LogP) is 1.48. The van der Waals surface area contributed by atoms with E-state index in [9.17, 15) is 9.59 Å². The molecular weight excluding hydrogens is 332 g/mol. The molecule has 1 N–H and O–H groups in total. The molecule has 0 aliphatic carbocycles. The number of hydrogen-bond acceptors (Lipinski definition) is 4. The first-order valence-corrected chi connectivity index (χ1v) is 9.11. The molecule has 3 heterocycles. The smallest absolute Gasteiger partial charge is 0.255 e. The van der Waals surface area contributed by atoms with Gasteiger partial charge in [-0.1, -0.05) is 6.92 Å². The fourth-order valence-electron chi connectivity index (χ4n) is 3.23. The maximum Gasteiger partial charge on any atom is 0.255 e. The van der Waals surface area contributed by atoms with Crippen LogP contribution < -0.4 is 5.32 Å². The highest BCUT2D eigenvalue weighted by Crippen LogP contribution is 2.14. The highest BCUT2D eigenvalue weighted by molar-refractivity contribution is 5.94. The number of nitrogens with zero attached hydrogens (tertiary/aromatic N) is 5. The Balaban J connectivity index is 1.64. The lowest BCUT2D eigenvalue weighted by atomic mass is 10.2. The van der Waals surface area contributed by atoms with E-state index in [0.717, 1.165) is 49.6 Å². The van der Waals surface area contributed by atoms with Crippen LogP contribution in [0.4, 0.5) is 0 Å². The molecule has 0 aromatic carbocycles. The van der Waals surface area contributed by atoms with Crippen molar-refractivity contribution in [3.63, 3.8) is 0 Å². The standard InChI is InChI=1S/C18H26N6O2/c1-4-6-23-12-17(13(2)20-23)18(26)19-10-15-9-16-11-22(14(3)25)7-5-8-24(16)21-15/h9,12H,4-8,10-11H2,1-3H3,(H,19,26). The molecule has 2 amide bonds. The molecule has 8 nitrogen and oxygen atoms in total. The van der Waals surface area contributed by atoms with Crippen molar-refractivity contribution in [1.82, 2.24) is 29.8 Å². The van der Waals surface area contributed by atoms with E-state index in [4.69, 9.17) is 0 Å². The Bertz CT molecular complexity index is 807. The summed E-state index contributed by atoms with van der Waals surface area (Å²) in [6, 6.07) is 1.97. The van der Waals surface area contributed by atoms with E-state index in [2.05, 4.69) is 22.4 Å². The SMILES string of the molecule is CCCn1cc(C(=O)NCc2cc3n(n2)CCCN(C(C)=O)C3)c(C)n1. The molecule has 0 bridgehead atoms. The summed E-state index contributed by atoms with van der Waals surface area (Å²) < 4.78 is 3.74. The van der Waals surface area contributed by atoms with Crippen molar-refractivity contribution in [2.24, 2.45) is 0 Å². The maximum absolute atomic E-state index is 12.4. The van der Waals surface area contributed by atoms with Gasteiger partial charge in [-0.15, -0.1) is 0 Å². The molecule has 0 spiro atoms. The van der Waals surface area contributed by atoms with Crippen LogP contribution in [0, 0.1) is 6.92 Å². The van der Waals surface area contributed by atoms with Gasteiger partial charge in [0.2, 0.25) is 5.91 Å². The van der Waals surface area contributed by atoms with Crippen LogP contribution in [-0.2, 0) is 31.0 Å². The minimum Gasteiger partial charge on any atom is -0.346 e. The minimum atomic E-state index is -0.140. The molecule has 0 unspecified atom stereocenters. The molecule has 3 rings (SSSR count). The van der Waals surface area contributed by atoms with Crippen LogP contribution in [-0.4, -0.2) is 42.8 Å². The normalized spacial score (nSPS) is 14.0. The van der Waals surface area contributed by atoms with Crippen LogP contribution in [0.5, 0.6) is 0 Å². The zero-order chi connectivity index (χ0) is 18.7. The molecule has 1 aliphatic rings. The van der Waals surface area contributed by atoms with Gasteiger partial charge >= 0.3 is 0 Å². The van der Waals surface area contributed by atoms with Crippen molar-refractivity contribution in [2.75, 3.05) is 6.54 Å². The second-order valence-corrected chi connectivity index (χ2v) is 6.72. The summed E-state index contributed by atoms with van der Waals surface area (Å²) in [6.07, 6.45) is 3.65. The first kappa shape index (κ1) is 18.2. The van der Waals surface area contributed by atoms with Gasteiger partial charge in [0.1, 0.15) is 0 Å². The van der Waals surface area contributed by atoms with Crippen molar-refractivity contribution in [1.29, 1.82) is 0 Å². The summed E-state index contributed by atoms with van der Waals surface area (Å²) in [5.74, 6) is -0.0625. The number of amides is 2. The molecule has 0 atom stereocenters. The van der Waals surface area contributed by atoms with Crippen molar-refractivity contribution in [3.8, 4) is 0 Å². The summed E-state index contributed by atoms with van der Waals surface area (Å²) in [5.41, 5.74) is 3.14. The van der Waals surface area contributed by atoms with Crippen LogP contribution >= 0.6 is 0 Å². The lowest BCUT2D eigenvalue weighted by Gasteiger charge is -2.17. The number of nitrogens with one attached hydrogen (secondary N) is 1. The number of hydrogen-bond donors (Lipinski definition) is 1. The molecule has 26 heavy (non-hydrogen) atoms. The molecule has 2 aromatic heterocycles. The zero-order valence-corrected chi connectivity index (χ0v) is 15.7. The lowest BCUT2D eigenvalue weighted by molar-refractivity contribution is -0.129. The molecule has 0 saturated heterocycles. The van der Waals surface area contributed by atoms with Crippen LogP contribution in [0.2, 0.25) is 0 Å². The quantitative estimate of drug-likeness (QED) is 0.877. The average Bonchev–Trinajstić information content (AvgIpc) is 3.09. The van der Waals surface area contributed by atoms with Crippen LogP contribution in [0.3, 0.4) is 0 Å². The Morgan fingerprint density at radius 3 is 2.81 bits per heavy atom. The average molecular weight is 358 g/mol. The third-order valence-corrected chi connectivity index (χ3v) is 4.58. The van der Waals surface area contributed by atoms with Crippen molar-refractivity contribution < 1.29 is 9.59 Å². The van der Waals surface area contributed by atoms with Crippen molar-refractivity contribution >= 4 is 11.8 Å². The first-order chi connectivity index (χ1) is 12.5. The van der Waals surface area contributed by atoms with Gasteiger partial charge in [-0.3, -0.25) is 19.0 Å². The molecule has 0 fully saturated rings. The van der Waals surface area contributed by atoms with E-state index < -0.39 is 0 Å². The van der Waals surface area contributed by atoms with Gasteiger partial charge in [0.05, 0.1) is 35.7 Å². The van der Waals surface area contributed by atoms with E-state index in [-0.39, 0.29) is 11.8 Å². The Morgan fingerprint density at radius 1 is 1.27 bits per heavy atom. The molecule has 1 aliphatic heterocycles. The lowest BCUT2D eigenvalue weighted by Crippen LogP contribution is -2.28. The van der Waals surface area contributed by atoms with E-state index >= 15 is 0 Å². The largest absolute Gasteiger partial charge is 0.346 e. The number of aromatic nitrogens is 4. The number of rotatable bonds is 5. The maximum atomic E-state index is 12.4. The van der Waals surface area contributed by atoms with E-state index in [0.29, 0.717) is 18.7 Å². The minimum absolute atomic E-state index is 0.0778. The number of aryl methyl sites for hydroxylation is 3. The zero-order valence-electron chi connectivity index (χ0n) is 15.7. The first-order valence-electron chi connectivity index (χ1n) is 9.11. The number of carbonyl (C=O) groups is 2. The Kier molecular flexibility index (Phi) is 5.39. The van der Waals surface area contributed by atoms with Crippen molar-refractivity contribution in [2.45, 2.75) is 59.8 Å². The van der Waals surface area contributed by atoms with Gasteiger partial charge < -0.3 is 10.2 Å². The molecule has 0 saturated carbocycles. The van der Waals surface area contributed by atoms with Crippen LogP contribution in [0.25, 0.3) is 0 Å². The van der Waals surface area contributed by atoms with E-state index in [1.165, 1.54) is 0 Å². The summed E-state index contributed by atoms with van der Waals surface area (Å²) >= 11 is 0. The van der Waals surface area contributed by atoms with E-state index in [1.807, 2.05) is 22.6 Å². The van der Waals surface area contributed by atoms with Gasteiger partial charge in [0.15, 0.2) is 0 Å². The van der Waals surface area contributed by atoms with Crippen LogP contribution in [0.15, 0.2) is 12.3 Å². The predicted molar refractivity (Wildman–Crippen MR) is 96.4 cm³/mol. The van der Waals surface area contributed by atoms with E-state index in [1.54, 1.807) is 17.8 Å². The second kappa shape index (κ2) is 7.72. The number of carbonyl (C=O) groups excluding carboxylic acids is 2.